The molecule has 0 atom stereocenters. The zero-order chi connectivity index (χ0) is 15.4. The first-order valence-electron chi connectivity index (χ1n) is 5.24. The van der Waals surface area contributed by atoms with Gasteiger partial charge in [-0.3, -0.25) is 14.5 Å². The van der Waals surface area contributed by atoms with Crippen LogP contribution in [-0.4, -0.2) is 41.5 Å². The van der Waals surface area contributed by atoms with E-state index in [1.807, 2.05) is 0 Å². The third-order valence-corrected chi connectivity index (χ3v) is 1.92. The monoisotopic (exact) mass is 281 g/mol. The Morgan fingerprint density at radius 2 is 1.74 bits per heavy atom. The molecule has 108 valence electrons. The summed E-state index contributed by atoms with van der Waals surface area (Å²) in [5, 5.41) is 0. The van der Waals surface area contributed by atoms with Crippen LogP contribution in [0.15, 0.2) is 12.2 Å². The van der Waals surface area contributed by atoms with E-state index in [-0.39, 0.29) is 10.5 Å². The Morgan fingerprint density at radius 3 is 2.05 bits per heavy atom. The van der Waals surface area contributed by atoms with E-state index < -0.39 is 36.6 Å². The highest BCUT2D eigenvalue weighted by Gasteiger charge is 2.45. The van der Waals surface area contributed by atoms with Gasteiger partial charge in [-0.05, 0) is 20.8 Å². The molecule has 0 aliphatic carbocycles. The van der Waals surface area contributed by atoms with Crippen LogP contribution in [-0.2, 0) is 19.1 Å². The Kier molecular flexibility index (Phi) is 5.73. The minimum atomic E-state index is -5.17. The first-order chi connectivity index (χ1) is 8.48. The average Bonchev–Trinajstić information content (AvgIpc) is 2.23. The fourth-order valence-corrected chi connectivity index (χ4v) is 1.09. The number of esters is 1. The number of alkyl halides is 3. The van der Waals surface area contributed by atoms with Crippen molar-refractivity contribution in [1.29, 1.82) is 0 Å². The lowest BCUT2D eigenvalue weighted by molar-refractivity contribution is -0.190. The van der Waals surface area contributed by atoms with Gasteiger partial charge in [0.25, 0.3) is 5.91 Å². The number of carbonyl (C=O) groups excluding carboxylic acids is 3. The molecule has 0 spiro atoms. The quantitative estimate of drug-likeness (QED) is 0.577. The summed E-state index contributed by atoms with van der Waals surface area (Å²) in [5.74, 6) is -4.46. The summed E-state index contributed by atoms with van der Waals surface area (Å²) in [5.41, 5.74) is -0.00829. The van der Waals surface area contributed by atoms with Crippen LogP contribution >= 0.6 is 0 Å². The molecule has 0 heterocycles. The highest BCUT2D eigenvalue weighted by Crippen LogP contribution is 2.20. The third kappa shape index (κ3) is 5.11. The first kappa shape index (κ1) is 17.1. The zero-order valence-corrected chi connectivity index (χ0v) is 10.7. The highest BCUT2D eigenvalue weighted by atomic mass is 19.4. The van der Waals surface area contributed by atoms with Gasteiger partial charge in [-0.1, -0.05) is 6.58 Å². The summed E-state index contributed by atoms with van der Waals surface area (Å²) in [6.45, 7) is 6.08. The van der Waals surface area contributed by atoms with Gasteiger partial charge in [0.1, 0.15) is 0 Å². The van der Waals surface area contributed by atoms with Crippen molar-refractivity contribution in [3.8, 4) is 0 Å². The molecule has 0 saturated heterocycles. The number of ether oxygens (including phenoxy) is 1. The lowest BCUT2D eigenvalue weighted by atomic mass is 10.3. The van der Waals surface area contributed by atoms with Crippen LogP contribution in [0.25, 0.3) is 0 Å². The third-order valence-electron chi connectivity index (χ3n) is 1.92. The smallest absolute Gasteiger partial charge is 0.452 e. The molecule has 0 aromatic heterocycles. The Morgan fingerprint density at radius 1 is 1.26 bits per heavy atom. The van der Waals surface area contributed by atoms with Crippen LogP contribution in [0.4, 0.5) is 13.2 Å². The van der Waals surface area contributed by atoms with E-state index in [4.69, 9.17) is 0 Å². The van der Waals surface area contributed by atoms with Crippen LogP contribution in [0.3, 0.4) is 0 Å². The van der Waals surface area contributed by atoms with E-state index in [0.29, 0.717) is 0 Å². The minimum Gasteiger partial charge on any atom is -0.452 e. The SMILES string of the molecule is C=C(C)C(=O)OCC(=O)N(C(=O)C(F)(F)F)C(C)C. The summed E-state index contributed by atoms with van der Waals surface area (Å²) < 4.78 is 41.3. The molecule has 0 unspecified atom stereocenters. The zero-order valence-electron chi connectivity index (χ0n) is 10.7. The Labute approximate surface area is 108 Å². The number of hydrogen-bond acceptors (Lipinski definition) is 4. The maximum atomic E-state index is 12.3. The molecule has 0 fully saturated rings. The van der Waals surface area contributed by atoms with E-state index in [1.54, 1.807) is 0 Å². The first-order valence-corrected chi connectivity index (χ1v) is 5.24. The molecule has 0 N–H and O–H groups in total. The van der Waals surface area contributed by atoms with Crippen molar-refractivity contribution in [3.63, 3.8) is 0 Å². The predicted molar refractivity (Wildman–Crippen MR) is 58.8 cm³/mol. The van der Waals surface area contributed by atoms with Gasteiger partial charge in [0.2, 0.25) is 0 Å². The largest absolute Gasteiger partial charge is 0.471 e. The van der Waals surface area contributed by atoms with Crippen LogP contribution in [0.2, 0.25) is 0 Å². The fraction of sp³-hybridized carbons (Fsp3) is 0.545. The van der Waals surface area contributed by atoms with Gasteiger partial charge >= 0.3 is 18.1 Å². The van der Waals surface area contributed by atoms with Crippen LogP contribution in [0, 0.1) is 0 Å². The van der Waals surface area contributed by atoms with Gasteiger partial charge in [0, 0.05) is 11.6 Å². The van der Waals surface area contributed by atoms with Crippen molar-refractivity contribution in [2.24, 2.45) is 0 Å². The van der Waals surface area contributed by atoms with Crippen LogP contribution in [0.1, 0.15) is 20.8 Å². The molecule has 0 aromatic carbocycles. The Hall–Kier alpha value is -1.86. The Bertz CT molecular complexity index is 401. The molecule has 19 heavy (non-hydrogen) atoms. The molecule has 0 saturated carbocycles. The molecular formula is C11H14F3NO4. The number of imide groups is 1. The molecule has 0 aliphatic heterocycles. The molecule has 0 radical (unpaired) electrons. The van der Waals surface area contributed by atoms with Crippen molar-refractivity contribution < 1.29 is 32.3 Å². The molecule has 2 amide bonds. The number of rotatable bonds is 4. The number of halogens is 3. The molecule has 8 heteroatoms. The average molecular weight is 281 g/mol. The van der Waals surface area contributed by atoms with Crippen molar-refractivity contribution >= 4 is 17.8 Å². The molecular weight excluding hydrogens is 267 g/mol. The van der Waals surface area contributed by atoms with Gasteiger partial charge in [-0.2, -0.15) is 13.2 Å². The molecule has 0 aliphatic rings. The summed E-state index contributed by atoms with van der Waals surface area (Å²) in [6.07, 6.45) is -5.17. The molecule has 0 aromatic rings. The van der Waals surface area contributed by atoms with Crippen molar-refractivity contribution in [3.05, 3.63) is 12.2 Å². The Balaban J connectivity index is 4.84. The van der Waals surface area contributed by atoms with E-state index in [1.165, 1.54) is 20.8 Å². The standard InChI is InChI=1S/C11H14F3NO4/c1-6(2)9(17)19-5-8(16)15(7(3)4)10(18)11(12,13)14/h7H,1,5H2,2-4H3. The summed E-state index contributed by atoms with van der Waals surface area (Å²) in [4.78, 5) is 33.6. The number of hydrogen-bond donors (Lipinski definition) is 0. The van der Waals surface area contributed by atoms with Gasteiger partial charge < -0.3 is 4.74 Å². The van der Waals surface area contributed by atoms with Gasteiger partial charge in [-0.25, -0.2) is 4.79 Å². The van der Waals surface area contributed by atoms with E-state index >= 15 is 0 Å². The van der Waals surface area contributed by atoms with Crippen molar-refractivity contribution in [2.45, 2.75) is 33.0 Å². The maximum Gasteiger partial charge on any atom is 0.471 e. The second-order valence-corrected chi connectivity index (χ2v) is 4.02. The second kappa shape index (κ2) is 6.35. The predicted octanol–water partition coefficient (Wildman–Crippen LogP) is 1.43. The maximum absolute atomic E-state index is 12.3. The van der Waals surface area contributed by atoms with Crippen molar-refractivity contribution in [1.82, 2.24) is 4.90 Å². The summed E-state index contributed by atoms with van der Waals surface area (Å²) >= 11 is 0. The fourth-order valence-electron chi connectivity index (χ4n) is 1.09. The normalized spacial score (nSPS) is 11.1. The lowest BCUT2D eigenvalue weighted by Gasteiger charge is -2.25. The summed E-state index contributed by atoms with van der Waals surface area (Å²) in [6, 6.07) is -1.01. The number of amides is 2. The summed E-state index contributed by atoms with van der Waals surface area (Å²) in [7, 11) is 0. The second-order valence-electron chi connectivity index (χ2n) is 4.02. The van der Waals surface area contributed by atoms with Gasteiger partial charge in [-0.15, -0.1) is 0 Å². The van der Waals surface area contributed by atoms with Gasteiger partial charge in [0.05, 0.1) is 0 Å². The topological polar surface area (TPSA) is 63.7 Å². The van der Waals surface area contributed by atoms with Crippen molar-refractivity contribution in [2.75, 3.05) is 6.61 Å². The van der Waals surface area contributed by atoms with Crippen LogP contribution < -0.4 is 0 Å². The lowest BCUT2D eigenvalue weighted by Crippen LogP contribution is -2.50. The number of nitrogens with zero attached hydrogens (tertiary/aromatic N) is 1. The van der Waals surface area contributed by atoms with Crippen LogP contribution in [0.5, 0.6) is 0 Å². The minimum absolute atomic E-state index is 0.00566. The molecule has 0 bridgehead atoms. The number of carbonyl (C=O) groups is 3. The molecule has 0 rings (SSSR count). The van der Waals surface area contributed by atoms with E-state index in [0.717, 1.165) is 0 Å². The molecule has 5 nitrogen and oxygen atoms in total. The van der Waals surface area contributed by atoms with E-state index in [2.05, 4.69) is 11.3 Å². The van der Waals surface area contributed by atoms with Gasteiger partial charge in [0.15, 0.2) is 6.61 Å². The van der Waals surface area contributed by atoms with E-state index in [9.17, 15) is 27.6 Å². The highest BCUT2D eigenvalue weighted by molar-refractivity contribution is 5.99.